The number of halogens is 1. The van der Waals surface area contributed by atoms with Crippen LogP contribution in [-0.4, -0.2) is 24.9 Å². The Hall–Kier alpha value is -1.13. The van der Waals surface area contributed by atoms with Crippen LogP contribution in [0.1, 0.15) is 37.7 Å². The van der Waals surface area contributed by atoms with E-state index in [1.807, 2.05) is 6.07 Å². The molecule has 1 heterocycles. The number of fused-ring (bicyclic) bond motifs is 1. The van der Waals surface area contributed by atoms with Crippen LogP contribution >= 0.6 is 11.6 Å². The fourth-order valence-corrected chi connectivity index (χ4v) is 3.60. The number of hydrogen-bond donors (Lipinski definition) is 2. The normalized spacial score (nSPS) is 20.7. The van der Waals surface area contributed by atoms with Gasteiger partial charge in [-0.2, -0.15) is 0 Å². The maximum atomic E-state index is 10.5. The molecular weight excluding hydrogens is 278 g/mol. The van der Waals surface area contributed by atoms with Gasteiger partial charge in [-0.05, 0) is 18.9 Å². The van der Waals surface area contributed by atoms with Crippen molar-refractivity contribution in [1.82, 2.24) is 0 Å². The van der Waals surface area contributed by atoms with Crippen molar-refractivity contribution in [2.75, 3.05) is 19.8 Å². The summed E-state index contributed by atoms with van der Waals surface area (Å²) in [4.78, 5) is 0. The van der Waals surface area contributed by atoms with Crippen molar-refractivity contribution in [3.63, 3.8) is 0 Å². The van der Waals surface area contributed by atoms with Crippen molar-refractivity contribution in [2.24, 2.45) is 5.73 Å². The van der Waals surface area contributed by atoms with E-state index in [9.17, 15) is 5.11 Å². The highest BCUT2D eigenvalue weighted by Crippen LogP contribution is 2.51. The molecule has 0 spiro atoms. The van der Waals surface area contributed by atoms with E-state index < -0.39 is 0 Å². The molecule has 110 valence electrons. The van der Waals surface area contributed by atoms with Crippen LogP contribution < -0.4 is 15.2 Å². The number of phenolic OH excluding ortho intramolecular Hbond substituents is 1. The molecule has 1 aliphatic carbocycles. The van der Waals surface area contributed by atoms with Crippen LogP contribution in [-0.2, 0) is 5.41 Å². The second-order valence-electron chi connectivity index (χ2n) is 5.66. The maximum Gasteiger partial charge on any atom is 0.183 e. The summed E-state index contributed by atoms with van der Waals surface area (Å²) in [5, 5.41) is 10.7. The third-order valence-corrected chi connectivity index (χ3v) is 4.87. The quantitative estimate of drug-likeness (QED) is 0.881. The predicted molar refractivity (Wildman–Crippen MR) is 77.9 cm³/mol. The standard InChI is InChI=1S/C15H20ClNO3/c16-12-13(18)10(8-11-14(12)20-7-6-19-11)15(9-17)4-2-1-3-5-15/h8,18H,1-7,9,17H2. The molecule has 20 heavy (non-hydrogen) atoms. The predicted octanol–water partition coefficient (Wildman–Crippen LogP) is 2.98. The number of benzene rings is 1. The molecule has 0 radical (unpaired) electrons. The first kappa shape index (κ1) is 13.8. The zero-order chi connectivity index (χ0) is 14.2. The lowest BCUT2D eigenvalue weighted by Gasteiger charge is -2.38. The number of ether oxygens (including phenoxy) is 2. The Labute approximate surface area is 123 Å². The minimum absolute atomic E-state index is 0.100. The van der Waals surface area contributed by atoms with E-state index in [2.05, 4.69) is 0 Å². The molecule has 0 aromatic heterocycles. The van der Waals surface area contributed by atoms with Crippen LogP contribution in [0.4, 0.5) is 0 Å². The molecular formula is C15H20ClNO3. The van der Waals surface area contributed by atoms with E-state index in [1.165, 1.54) is 6.42 Å². The van der Waals surface area contributed by atoms with Crippen LogP contribution in [0.15, 0.2) is 6.07 Å². The third kappa shape index (κ3) is 2.11. The van der Waals surface area contributed by atoms with Gasteiger partial charge in [-0.1, -0.05) is 30.9 Å². The molecule has 1 fully saturated rings. The number of aromatic hydroxyl groups is 1. The minimum atomic E-state index is -0.193. The van der Waals surface area contributed by atoms with Gasteiger partial charge in [0.2, 0.25) is 0 Å². The summed E-state index contributed by atoms with van der Waals surface area (Å²) in [6, 6.07) is 1.87. The topological polar surface area (TPSA) is 64.7 Å². The number of phenols is 1. The van der Waals surface area contributed by atoms with E-state index in [0.717, 1.165) is 31.2 Å². The van der Waals surface area contributed by atoms with Gasteiger partial charge < -0.3 is 20.3 Å². The van der Waals surface area contributed by atoms with Crippen molar-refractivity contribution in [2.45, 2.75) is 37.5 Å². The molecule has 0 amide bonds. The molecule has 3 N–H and O–H groups in total. The van der Waals surface area contributed by atoms with Crippen LogP contribution in [0, 0.1) is 0 Å². The van der Waals surface area contributed by atoms with E-state index >= 15 is 0 Å². The van der Waals surface area contributed by atoms with Gasteiger partial charge in [-0.3, -0.25) is 0 Å². The molecule has 1 saturated carbocycles. The Kier molecular flexibility index (Phi) is 3.69. The van der Waals surface area contributed by atoms with E-state index in [1.54, 1.807) is 0 Å². The number of hydrogen-bond acceptors (Lipinski definition) is 4. The van der Waals surface area contributed by atoms with Crippen LogP contribution in [0.5, 0.6) is 17.2 Å². The Balaban J connectivity index is 2.10. The maximum absolute atomic E-state index is 10.5. The van der Waals surface area contributed by atoms with Gasteiger partial charge in [0.15, 0.2) is 11.5 Å². The minimum Gasteiger partial charge on any atom is -0.506 e. The van der Waals surface area contributed by atoms with Gasteiger partial charge in [0.25, 0.3) is 0 Å². The van der Waals surface area contributed by atoms with Crippen molar-refractivity contribution < 1.29 is 14.6 Å². The molecule has 0 unspecified atom stereocenters. The van der Waals surface area contributed by atoms with E-state index in [0.29, 0.717) is 31.3 Å². The second-order valence-corrected chi connectivity index (χ2v) is 6.03. The fraction of sp³-hybridized carbons (Fsp3) is 0.600. The summed E-state index contributed by atoms with van der Waals surface area (Å²) < 4.78 is 11.1. The highest BCUT2D eigenvalue weighted by Gasteiger charge is 2.37. The van der Waals surface area contributed by atoms with Gasteiger partial charge in [0.1, 0.15) is 24.0 Å². The van der Waals surface area contributed by atoms with Gasteiger partial charge in [-0.25, -0.2) is 0 Å². The lowest BCUT2D eigenvalue weighted by molar-refractivity contribution is 0.169. The SMILES string of the molecule is NCC1(c2cc3c(c(Cl)c2O)OCCO3)CCCCC1. The lowest BCUT2D eigenvalue weighted by Crippen LogP contribution is -2.37. The van der Waals surface area contributed by atoms with Gasteiger partial charge in [0.05, 0.1) is 0 Å². The zero-order valence-corrected chi connectivity index (χ0v) is 12.2. The third-order valence-electron chi connectivity index (χ3n) is 4.52. The Bertz CT molecular complexity index is 512. The monoisotopic (exact) mass is 297 g/mol. The average Bonchev–Trinajstić information content (AvgIpc) is 2.51. The highest BCUT2D eigenvalue weighted by molar-refractivity contribution is 6.34. The second kappa shape index (κ2) is 5.34. The van der Waals surface area contributed by atoms with Crippen LogP contribution in [0.25, 0.3) is 0 Å². The Morgan fingerprint density at radius 3 is 2.60 bits per heavy atom. The molecule has 2 aliphatic rings. The molecule has 0 bridgehead atoms. The first-order chi connectivity index (χ1) is 9.68. The molecule has 3 rings (SSSR count). The molecule has 4 nitrogen and oxygen atoms in total. The van der Waals surface area contributed by atoms with Crippen molar-refractivity contribution in [3.05, 3.63) is 16.7 Å². The Morgan fingerprint density at radius 2 is 1.90 bits per heavy atom. The summed E-state index contributed by atoms with van der Waals surface area (Å²) in [6.45, 7) is 1.47. The number of nitrogens with two attached hydrogens (primary N) is 1. The van der Waals surface area contributed by atoms with Gasteiger partial charge >= 0.3 is 0 Å². The van der Waals surface area contributed by atoms with Crippen molar-refractivity contribution >= 4 is 11.6 Å². The molecule has 1 aliphatic heterocycles. The fourth-order valence-electron chi connectivity index (χ4n) is 3.35. The van der Waals surface area contributed by atoms with Crippen LogP contribution in [0.3, 0.4) is 0 Å². The molecule has 0 saturated heterocycles. The first-order valence-corrected chi connectivity index (χ1v) is 7.57. The summed E-state index contributed by atoms with van der Waals surface area (Å²) >= 11 is 6.26. The molecule has 1 aromatic carbocycles. The van der Waals surface area contributed by atoms with E-state index in [-0.39, 0.29) is 16.2 Å². The Morgan fingerprint density at radius 1 is 1.20 bits per heavy atom. The van der Waals surface area contributed by atoms with Crippen LogP contribution in [0.2, 0.25) is 5.02 Å². The summed E-state index contributed by atoms with van der Waals surface area (Å²) in [5.41, 5.74) is 6.66. The molecule has 0 atom stereocenters. The zero-order valence-electron chi connectivity index (χ0n) is 11.5. The lowest BCUT2D eigenvalue weighted by atomic mass is 9.69. The average molecular weight is 298 g/mol. The highest BCUT2D eigenvalue weighted by atomic mass is 35.5. The smallest absolute Gasteiger partial charge is 0.183 e. The molecule has 5 heteroatoms. The summed E-state index contributed by atoms with van der Waals surface area (Å²) in [6.07, 6.45) is 5.44. The van der Waals surface area contributed by atoms with E-state index in [4.69, 9.17) is 26.8 Å². The number of rotatable bonds is 2. The summed E-state index contributed by atoms with van der Waals surface area (Å²) in [7, 11) is 0. The largest absolute Gasteiger partial charge is 0.506 e. The van der Waals surface area contributed by atoms with Gasteiger partial charge in [-0.15, -0.1) is 0 Å². The van der Waals surface area contributed by atoms with Crippen molar-refractivity contribution in [3.8, 4) is 17.2 Å². The first-order valence-electron chi connectivity index (χ1n) is 7.19. The van der Waals surface area contributed by atoms with Gasteiger partial charge in [0, 0.05) is 17.5 Å². The summed E-state index contributed by atoms with van der Waals surface area (Å²) in [5.74, 6) is 1.16. The van der Waals surface area contributed by atoms with Crippen molar-refractivity contribution in [1.29, 1.82) is 0 Å². The molecule has 1 aromatic rings.